The number of rotatable bonds is 2. The Kier molecular flexibility index (Phi) is 3.65. The zero-order valence-electron chi connectivity index (χ0n) is 10.2. The Balaban J connectivity index is 2.06. The van der Waals surface area contributed by atoms with Crippen molar-refractivity contribution in [2.24, 2.45) is 15.2 Å². The van der Waals surface area contributed by atoms with Crippen LogP contribution in [0.4, 0.5) is 11.4 Å². The lowest BCUT2D eigenvalue weighted by Gasteiger charge is -2.11. The van der Waals surface area contributed by atoms with Crippen LogP contribution in [-0.4, -0.2) is 26.5 Å². The average Bonchev–Trinajstić information content (AvgIpc) is 2.38. The van der Waals surface area contributed by atoms with Crippen molar-refractivity contribution < 1.29 is 0 Å². The van der Waals surface area contributed by atoms with E-state index in [2.05, 4.69) is 26.2 Å². The van der Waals surface area contributed by atoms with Crippen molar-refractivity contribution in [2.45, 2.75) is 6.42 Å². The minimum Gasteiger partial charge on any atom is -0.378 e. The van der Waals surface area contributed by atoms with Gasteiger partial charge in [-0.1, -0.05) is 6.08 Å². The summed E-state index contributed by atoms with van der Waals surface area (Å²) in [6.45, 7) is 0.810. The highest BCUT2D eigenvalue weighted by Gasteiger charge is 1.97. The fraction of sp³-hybridized carbons (Fsp3) is 0.308. The quantitative estimate of drug-likeness (QED) is 0.716. The number of nitrogens with zero attached hydrogens (tertiary/aromatic N) is 4. The van der Waals surface area contributed by atoms with Crippen LogP contribution in [0, 0.1) is 0 Å². The van der Waals surface area contributed by atoms with Crippen molar-refractivity contribution in [2.75, 3.05) is 25.5 Å². The molecule has 4 nitrogen and oxygen atoms in total. The topological polar surface area (TPSA) is 40.3 Å². The maximum absolute atomic E-state index is 4.25. The highest BCUT2D eigenvalue weighted by molar-refractivity contribution is 5.93. The molecule has 4 heteroatoms. The van der Waals surface area contributed by atoms with Crippen LogP contribution < -0.4 is 4.90 Å². The van der Waals surface area contributed by atoms with E-state index in [1.54, 1.807) is 0 Å². The zero-order valence-corrected chi connectivity index (χ0v) is 10.2. The normalized spacial score (nSPS) is 15.1. The van der Waals surface area contributed by atoms with E-state index < -0.39 is 0 Å². The predicted octanol–water partition coefficient (Wildman–Crippen LogP) is 3.19. The molecule has 1 aromatic rings. The molecule has 1 aromatic carbocycles. The summed E-state index contributed by atoms with van der Waals surface area (Å²) in [5.41, 5.74) is 2.00. The van der Waals surface area contributed by atoms with Gasteiger partial charge < -0.3 is 4.90 Å². The fourth-order valence-corrected chi connectivity index (χ4v) is 1.49. The van der Waals surface area contributed by atoms with Crippen LogP contribution in [0.5, 0.6) is 0 Å². The third kappa shape index (κ3) is 3.24. The van der Waals surface area contributed by atoms with E-state index in [1.807, 2.05) is 44.4 Å². The van der Waals surface area contributed by atoms with Crippen molar-refractivity contribution in [3.63, 3.8) is 0 Å². The standard InChI is InChI=1S/C13H16N4/c1-17(2)12-8-6-11(7-9-12)15-16-13-5-3-4-10-14-13/h3,5-9H,4,10H2,1-2H3/b16-15+. The Labute approximate surface area is 101 Å². The molecule has 17 heavy (non-hydrogen) atoms. The monoisotopic (exact) mass is 228 g/mol. The molecule has 0 N–H and O–H groups in total. The smallest absolute Gasteiger partial charge is 0.169 e. The summed E-state index contributed by atoms with van der Waals surface area (Å²) in [6.07, 6.45) is 4.97. The first-order valence-electron chi connectivity index (χ1n) is 5.66. The molecule has 1 heterocycles. The van der Waals surface area contributed by atoms with Crippen molar-refractivity contribution in [1.29, 1.82) is 0 Å². The number of hydrogen-bond donors (Lipinski definition) is 0. The van der Waals surface area contributed by atoms with Gasteiger partial charge in [-0.3, -0.25) is 4.99 Å². The first-order chi connectivity index (χ1) is 8.25. The highest BCUT2D eigenvalue weighted by atomic mass is 15.1. The van der Waals surface area contributed by atoms with Gasteiger partial charge in [-0.25, -0.2) is 0 Å². The highest BCUT2D eigenvalue weighted by Crippen LogP contribution is 2.18. The van der Waals surface area contributed by atoms with Gasteiger partial charge in [0.05, 0.1) is 5.69 Å². The van der Waals surface area contributed by atoms with E-state index in [-0.39, 0.29) is 0 Å². The second-order valence-electron chi connectivity index (χ2n) is 4.04. The number of benzene rings is 1. The molecule has 0 saturated heterocycles. The van der Waals surface area contributed by atoms with E-state index in [0.29, 0.717) is 5.84 Å². The van der Waals surface area contributed by atoms with Crippen molar-refractivity contribution in [1.82, 2.24) is 0 Å². The molecule has 1 aliphatic rings. The fourth-order valence-electron chi connectivity index (χ4n) is 1.49. The van der Waals surface area contributed by atoms with Gasteiger partial charge in [-0.05, 0) is 36.8 Å². The summed E-state index contributed by atoms with van der Waals surface area (Å²) in [5, 5.41) is 8.26. The van der Waals surface area contributed by atoms with E-state index >= 15 is 0 Å². The molecule has 0 bridgehead atoms. The number of azo groups is 1. The second-order valence-corrected chi connectivity index (χ2v) is 4.04. The lowest BCUT2D eigenvalue weighted by atomic mass is 10.3. The Morgan fingerprint density at radius 2 is 1.88 bits per heavy atom. The van der Waals surface area contributed by atoms with Gasteiger partial charge in [-0.15, -0.1) is 10.2 Å². The van der Waals surface area contributed by atoms with E-state index in [0.717, 1.165) is 24.3 Å². The SMILES string of the molecule is CN(C)c1ccc(/N=N/C2=NCCC=C2)cc1. The molecule has 2 rings (SSSR count). The first-order valence-corrected chi connectivity index (χ1v) is 5.66. The number of anilines is 1. The van der Waals surface area contributed by atoms with Crippen LogP contribution >= 0.6 is 0 Å². The van der Waals surface area contributed by atoms with E-state index in [4.69, 9.17) is 0 Å². The average molecular weight is 228 g/mol. The van der Waals surface area contributed by atoms with Crippen LogP contribution in [0.3, 0.4) is 0 Å². The number of amidine groups is 1. The molecule has 0 saturated carbocycles. The number of aliphatic imine (C=N–C) groups is 1. The number of dihydropyridines is 1. The molecule has 0 atom stereocenters. The Morgan fingerprint density at radius 3 is 2.47 bits per heavy atom. The summed E-state index contributed by atoms with van der Waals surface area (Å²) < 4.78 is 0. The third-order valence-corrected chi connectivity index (χ3v) is 2.47. The van der Waals surface area contributed by atoms with Gasteiger partial charge in [0.2, 0.25) is 0 Å². The minimum atomic E-state index is 0.702. The lowest BCUT2D eigenvalue weighted by molar-refractivity contribution is 0.983. The molecule has 0 radical (unpaired) electrons. The van der Waals surface area contributed by atoms with Crippen LogP contribution in [0.15, 0.2) is 51.6 Å². The molecular weight excluding hydrogens is 212 g/mol. The van der Waals surface area contributed by atoms with E-state index in [9.17, 15) is 0 Å². The zero-order chi connectivity index (χ0) is 12.1. The summed E-state index contributed by atoms with van der Waals surface area (Å²) >= 11 is 0. The Hall–Kier alpha value is -1.97. The van der Waals surface area contributed by atoms with Gasteiger partial charge in [0.25, 0.3) is 0 Å². The van der Waals surface area contributed by atoms with Gasteiger partial charge in [0.15, 0.2) is 5.84 Å². The molecule has 0 amide bonds. The molecular formula is C13H16N4. The maximum Gasteiger partial charge on any atom is 0.169 e. The van der Waals surface area contributed by atoms with Gasteiger partial charge >= 0.3 is 0 Å². The third-order valence-electron chi connectivity index (χ3n) is 2.47. The summed E-state index contributed by atoms with van der Waals surface area (Å²) in [6, 6.07) is 7.94. The Morgan fingerprint density at radius 1 is 1.12 bits per heavy atom. The predicted molar refractivity (Wildman–Crippen MR) is 71.3 cm³/mol. The van der Waals surface area contributed by atoms with Crippen LogP contribution in [-0.2, 0) is 0 Å². The Bertz CT molecular complexity index is 455. The molecule has 0 fully saturated rings. The van der Waals surface area contributed by atoms with Crippen LogP contribution in [0.1, 0.15) is 6.42 Å². The second kappa shape index (κ2) is 5.39. The van der Waals surface area contributed by atoms with Crippen molar-refractivity contribution in [3.05, 3.63) is 36.4 Å². The molecule has 0 unspecified atom stereocenters. The van der Waals surface area contributed by atoms with Crippen LogP contribution in [0.2, 0.25) is 0 Å². The lowest BCUT2D eigenvalue weighted by Crippen LogP contribution is -2.07. The molecule has 0 spiro atoms. The van der Waals surface area contributed by atoms with Gasteiger partial charge in [-0.2, -0.15) is 0 Å². The largest absolute Gasteiger partial charge is 0.378 e. The summed E-state index contributed by atoms with van der Waals surface area (Å²) in [5.74, 6) is 0.702. The van der Waals surface area contributed by atoms with Crippen molar-refractivity contribution in [3.8, 4) is 0 Å². The van der Waals surface area contributed by atoms with Crippen LogP contribution in [0.25, 0.3) is 0 Å². The summed E-state index contributed by atoms with van der Waals surface area (Å²) in [7, 11) is 4.02. The first kappa shape index (κ1) is 11.5. The molecule has 88 valence electrons. The van der Waals surface area contributed by atoms with Gasteiger partial charge in [0, 0.05) is 26.3 Å². The minimum absolute atomic E-state index is 0.702. The molecule has 0 aromatic heterocycles. The van der Waals surface area contributed by atoms with Crippen molar-refractivity contribution >= 4 is 17.2 Å². The number of hydrogen-bond acceptors (Lipinski definition) is 4. The summed E-state index contributed by atoms with van der Waals surface area (Å²) in [4.78, 5) is 6.30. The van der Waals surface area contributed by atoms with Gasteiger partial charge in [0.1, 0.15) is 0 Å². The maximum atomic E-state index is 4.25. The molecule has 1 aliphatic heterocycles. The molecule has 0 aliphatic carbocycles. The van der Waals surface area contributed by atoms with E-state index in [1.165, 1.54) is 0 Å².